The minimum Gasteiger partial charge on any atom is -0.407 e. The van der Waals surface area contributed by atoms with Crippen molar-refractivity contribution in [1.29, 1.82) is 0 Å². The predicted octanol–water partition coefficient (Wildman–Crippen LogP) is 5.05. The normalized spacial score (nSPS) is 12.3. The van der Waals surface area contributed by atoms with Crippen molar-refractivity contribution < 1.29 is 8.95 Å². The second-order valence-corrected chi connectivity index (χ2v) is 13.5. The lowest BCUT2D eigenvalue weighted by atomic mass is 10.2. The number of benzene rings is 2. The molecule has 0 saturated carbocycles. The number of thioether (sulfide) groups is 1. The molecule has 0 aliphatic rings. The van der Waals surface area contributed by atoms with Gasteiger partial charge in [0.2, 0.25) is 0 Å². The molecule has 0 saturated heterocycles. The van der Waals surface area contributed by atoms with E-state index in [-0.39, 0.29) is 5.04 Å². The molecule has 1 heterocycles. The molecule has 0 radical (unpaired) electrons. The Kier molecular flexibility index (Phi) is 7.38. The van der Waals surface area contributed by atoms with Gasteiger partial charge < -0.3 is 8.95 Å². The van der Waals surface area contributed by atoms with Crippen LogP contribution in [0, 0.1) is 0 Å². The number of hydrogen-bond donors (Lipinski definition) is 0. The lowest BCUT2D eigenvalue weighted by molar-refractivity contribution is 0.283. The lowest BCUT2D eigenvalue weighted by Gasteiger charge is -2.43. The fraction of sp³-hybridized carbons (Fsp3) is 0.375. The van der Waals surface area contributed by atoms with E-state index in [9.17, 15) is 0 Å². The molecule has 0 bridgehead atoms. The van der Waals surface area contributed by atoms with Crippen LogP contribution in [0.2, 0.25) is 5.04 Å². The molecule has 0 spiro atoms. The summed E-state index contributed by atoms with van der Waals surface area (Å²) in [5.74, 6) is 1.84. The van der Waals surface area contributed by atoms with Gasteiger partial charge in [0.1, 0.15) is 5.76 Å². The zero-order valence-electron chi connectivity index (χ0n) is 17.9. The van der Waals surface area contributed by atoms with Crippen LogP contribution in [0.3, 0.4) is 0 Å². The Morgan fingerprint density at radius 2 is 1.55 bits per heavy atom. The summed E-state index contributed by atoms with van der Waals surface area (Å²) in [5, 5.41) is 6.79. The molecule has 0 N–H and O–H groups in total. The van der Waals surface area contributed by atoms with Gasteiger partial charge in [0.15, 0.2) is 0 Å². The molecule has 0 aliphatic heterocycles. The lowest BCUT2D eigenvalue weighted by Crippen LogP contribution is -2.66. The molecule has 5 heteroatoms. The highest BCUT2D eigenvalue weighted by Crippen LogP contribution is 2.36. The van der Waals surface area contributed by atoms with E-state index in [0.29, 0.717) is 6.61 Å². The first kappa shape index (κ1) is 21.9. The van der Waals surface area contributed by atoms with E-state index in [1.807, 2.05) is 0 Å². The van der Waals surface area contributed by atoms with Gasteiger partial charge in [-0.25, -0.2) is 0 Å². The number of hydrogen-bond acceptors (Lipinski definition) is 4. The molecule has 3 nitrogen and oxygen atoms in total. The summed E-state index contributed by atoms with van der Waals surface area (Å²) in [4.78, 5) is 0. The summed E-state index contributed by atoms with van der Waals surface area (Å²) < 4.78 is 12.4. The molecule has 1 aromatic heterocycles. The molecule has 3 rings (SSSR count). The Hall–Kier alpha value is -1.82. The SMILES string of the molecule is CSCc1cc(CCCO[Si](c2ccccc2)(c2ccccc2)C(C)(C)C)on1. The fourth-order valence-corrected chi connectivity index (χ4v) is 8.96. The van der Waals surface area contributed by atoms with Crippen LogP contribution in [0.5, 0.6) is 0 Å². The Morgan fingerprint density at radius 1 is 0.966 bits per heavy atom. The van der Waals surface area contributed by atoms with Crippen molar-refractivity contribution in [3.63, 3.8) is 0 Å². The highest BCUT2D eigenvalue weighted by atomic mass is 32.2. The van der Waals surface area contributed by atoms with Crippen LogP contribution in [0.1, 0.15) is 38.6 Å². The van der Waals surface area contributed by atoms with Crippen LogP contribution in [0.15, 0.2) is 71.3 Å². The predicted molar refractivity (Wildman–Crippen MR) is 126 cm³/mol. The summed E-state index contributed by atoms with van der Waals surface area (Å²) in [6.45, 7) is 7.63. The van der Waals surface area contributed by atoms with Gasteiger partial charge in [-0.15, -0.1) is 0 Å². The van der Waals surface area contributed by atoms with Crippen LogP contribution >= 0.6 is 11.8 Å². The van der Waals surface area contributed by atoms with Gasteiger partial charge in [-0.1, -0.05) is 86.6 Å². The summed E-state index contributed by atoms with van der Waals surface area (Å²) in [6, 6.07) is 23.6. The molecule has 0 unspecified atom stereocenters. The third kappa shape index (κ3) is 5.03. The van der Waals surface area contributed by atoms with Gasteiger partial charge in [0, 0.05) is 24.8 Å². The van der Waals surface area contributed by atoms with E-state index in [1.54, 1.807) is 11.8 Å². The Bertz CT molecular complexity index is 835. The van der Waals surface area contributed by atoms with Gasteiger partial charge in [-0.05, 0) is 28.1 Å². The van der Waals surface area contributed by atoms with Gasteiger partial charge in [-0.3, -0.25) is 0 Å². The molecule has 0 atom stereocenters. The number of aromatic nitrogens is 1. The first-order valence-electron chi connectivity index (χ1n) is 10.2. The Balaban J connectivity index is 1.81. The third-order valence-corrected chi connectivity index (χ3v) is 10.8. The smallest absolute Gasteiger partial charge is 0.261 e. The summed E-state index contributed by atoms with van der Waals surface area (Å²) in [7, 11) is -2.44. The van der Waals surface area contributed by atoms with Crippen LogP contribution < -0.4 is 10.4 Å². The summed E-state index contributed by atoms with van der Waals surface area (Å²) in [5.41, 5.74) is 1.01. The first-order valence-corrected chi connectivity index (χ1v) is 13.5. The zero-order valence-corrected chi connectivity index (χ0v) is 19.7. The molecule has 0 amide bonds. The van der Waals surface area contributed by atoms with E-state index < -0.39 is 8.32 Å². The van der Waals surface area contributed by atoms with Crippen LogP contribution in [-0.2, 0) is 16.6 Å². The highest BCUT2D eigenvalue weighted by Gasteiger charge is 2.49. The topological polar surface area (TPSA) is 35.3 Å². The van der Waals surface area contributed by atoms with E-state index in [4.69, 9.17) is 8.95 Å². The van der Waals surface area contributed by atoms with Crippen molar-refractivity contribution in [2.45, 2.75) is 44.4 Å². The number of nitrogens with zero attached hydrogens (tertiary/aromatic N) is 1. The number of rotatable bonds is 9. The van der Waals surface area contributed by atoms with Crippen LogP contribution in [0.25, 0.3) is 0 Å². The molecule has 154 valence electrons. The maximum absolute atomic E-state index is 6.92. The van der Waals surface area contributed by atoms with Crippen molar-refractivity contribution in [3.05, 3.63) is 78.2 Å². The second-order valence-electron chi connectivity index (χ2n) is 8.33. The summed E-state index contributed by atoms with van der Waals surface area (Å²) in [6.07, 6.45) is 3.84. The monoisotopic (exact) mass is 425 g/mol. The average molecular weight is 426 g/mol. The molecule has 3 aromatic rings. The minimum atomic E-state index is -2.44. The van der Waals surface area contributed by atoms with E-state index in [1.165, 1.54) is 10.4 Å². The van der Waals surface area contributed by atoms with Crippen molar-refractivity contribution >= 4 is 30.5 Å². The van der Waals surface area contributed by atoms with Crippen LogP contribution in [-0.4, -0.2) is 26.3 Å². The fourth-order valence-electron chi connectivity index (χ4n) is 3.92. The molecule has 29 heavy (non-hydrogen) atoms. The van der Waals surface area contributed by atoms with Crippen molar-refractivity contribution in [1.82, 2.24) is 5.16 Å². The minimum absolute atomic E-state index is 0.00740. The largest absolute Gasteiger partial charge is 0.407 e. The molecular weight excluding hydrogens is 394 g/mol. The van der Waals surface area contributed by atoms with Crippen molar-refractivity contribution in [2.75, 3.05) is 12.9 Å². The molecular formula is C24H31NO2SSi. The second kappa shape index (κ2) is 9.79. The standard InChI is InChI=1S/C24H31NO2SSi/c1-24(2,3)29(22-13-7-5-8-14-22,23-15-9-6-10-16-23)26-17-11-12-21-18-20(19-28-4)25-27-21/h5-10,13-16,18H,11-12,17,19H2,1-4H3. The maximum Gasteiger partial charge on any atom is 0.261 e. The van der Waals surface area contributed by atoms with Gasteiger partial charge >= 0.3 is 0 Å². The summed E-state index contributed by atoms with van der Waals surface area (Å²) >= 11 is 1.76. The maximum atomic E-state index is 6.92. The van der Waals surface area contributed by atoms with E-state index >= 15 is 0 Å². The first-order chi connectivity index (χ1) is 14.0. The average Bonchev–Trinajstić information content (AvgIpc) is 3.16. The third-order valence-electron chi connectivity index (χ3n) is 5.20. The quantitative estimate of drug-likeness (QED) is 0.355. The van der Waals surface area contributed by atoms with E-state index in [2.05, 4.69) is 98.9 Å². The molecule has 0 aliphatic carbocycles. The highest BCUT2D eigenvalue weighted by molar-refractivity contribution is 7.97. The number of aryl methyl sites for hydroxylation is 1. The van der Waals surface area contributed by atoms with Crippen molar-refractivity contribution in [3.8, 4) is 0 Å². The van der Waals surface area contributed by atoms with Crippen LogP contribution in [0.4, 0.5) is 0 Å². The van der Waals surface area contributed by atoms with Gasteiger partial charge in [-0.2, -0.15) is 11.8 Å². The zero-order chi connectivity index (χ0) is 20.7. The molecule has 2 aromatic carbocycles. The van der Waals surface area contributed by atoms with Crippen molar-refractivity contribution in [2.24, 2.45) is 0 Å². The van der Waals surface area contributed by atoms with E-state index in [0.717, 1.165) is 30.0 Å². The molecule has 0 fully saturated rings. The van der Waals surface area contributed by atoms with Gasteiger partial charge in [0.05, 0.1) is 5.69 Å². The van der Waals surface area contributed by atoms with Gasteiger partial charge in [0.25, 0.3) is 8.32 Å². The Morgan fingerprint density at radius 3 is 2.07 bits per heavy atom. The Labute approximate surface area is 180 Å².